The number of nitrogens with one attached hydrogen (secondary N) is 1. The van der Waals surface area contributed by atoms with Gasteiger partial charge in [-0.05, 0) is 19.3 Å². The van der Waals surface area contributed by atoms with E-state index >= 15 is 0 Å². The Hall–Kier alpha value is -1.36. The van der Waals surface area contributed by atoms with Crippen molar-refractivity contribution in [1.29, 1.82) is 0 Å². The van der Waals surface area contributed by atoms with Crippen LogP contribution in [0.15, 0.2) is 6.33 Å². The van der Waals surface area contributed by atoms with Crippen LogP contribution in [0.1, 0.15) is 33.3 Å². The summed E-state index contributed by atoms with van der Waals surface area (Å²) in [7, 11) is 1.73. The molecule has 1 aromatic heterocycles. The van der Waals surface area contributed by atoms with Crippen LogP contribution in [0.25, 0.3) is 0 Å². The molecule has 0 saturated carbocycles. The first-order valence-corrected chi connectivity index (χ1v) is 7.45. The van der Waals surface area contributed by atoms with Gasteiger partial charge in [-0.1, -0.05) is 20.8 Å². The third-order valence-electron chi connectivity index (χ3n) is 3.07. The molecular weight excluding hydrogens is 252 g/mol. The van der Waals surface area contributed by atoms with Crippen molar-refractivity contribution in [2.75, 3.05) is 43.6 Å². The minimum Gasteiger partial charge on any atom is -0.383 e. The van der Waals surface area contributed by atoms with E-state index in [1.54, 1.807) is 13.4 Å². The maximum atomic E-state index is 5.23. The summed E-state index contributed by atoms with van der Waals surface area (Å²) >= 11 is 0. The van der Waals surface area contributed by atoms with Crippen LogP contribution in [0, 0.1) is 5.92 Å². The molecule has 0 fully saturated rings. The normalized spacial score (nSPS) is 10.9. The summed E-state index contributed by atoms with van der Waals surface area (Å²) in [5.41, 5.74) is 1.19. The van der Waals surface area contributed by atoms with Crippen molar-refractivity contribution in [1.82, 2.24) is 9.97 Å². The highest BCUT2D eigenvalue weighted by Gasteiger charge is 2.16. The standard InChI is InChI=1S/C15H28N4O/c1-6-13-14(16-7-2)17-11-18-15(13)19(8-9-20-5)10-12(3)4/h11-12H,6-10H2,1-5H3,(H,16,17,18). The molecule has 1 rings (SSSR count). The predicted molar refractivity (Wildman–Crippen MR) is 84.5 cm³/mol. The SMILES string of the molecule is CCNc1ncnc(N(CCOC)CC(C)C)c1CC. The summed E-state index contributed by atoms with van der Waals surface area (Å²) in [6.07, 6.45) is 2.56. The van der Waals surface area contributed by atoms with E-state index in [0.717, 1.165) is 37.7 Å². The van der Waals surface area contributed by atoms with Crippen molar-refractivity contribution in [2.45, 2.75) is 34.1 Å². The molecule has 1 heterocycles. The largest absolute Gasteiger partial charge is 0.383 e. The monoisotopic (exact) mass is 280 g/mol. The molecule has 0 aliphatic rings. The lowest BCUT2D eigenvalue weighted by molar-refractivity contribution is 0.204. The minimum absolute atomic E-state index is 0.578. The first-order chi connectivity index (χ1) is 9.63. The molecule has 0 aliphatic carbocycles. The number of methoxy groups -OCH3 is 1. The lowest BCUT2D eigenvalue weighted by atomic mass is 10.1. The lowest BCUT2D eigenvalue weighted by Gasteiger charge is -2.27. The molecule has 0 radical (unpaired) electrons. The van der Waals surface area contributed by atoms with Gasteiger partial charge in [0, 0.05) is 32.3 Å². The number of nitrogens with zero attached hydrogens (tertiary/aromatic N) is 3. The summed E-state index contributed by atoms with van der Waals surface area (Å²) in [4.78, 5) is 11.2. The van der Waals surface area contributed by atoms with Crippen LogP contribution >= 0.6 is 0 Å². The number of hydrogen-bond acceptors (Lipinski definition) is 5. The smallest absolute Gasteiger partial charge is 0.137 e. The van der Waals surface area contributed by atoms with E-state index in [-0.39, 0.29) is 0 Å². The molecule has 0 bridgehead atoms. The molecule has 0 atom stereocenters. The van der Waals surface area contributed by atoms with Crippen molar-refractivity contribution in [3.8, 4) is 0 Å². The van der Waals surface area contributed by atoms with E-state index in [1.165, 1.54) is 5.56 Å². The fraction of sp³-hybridized carbons (Fsp3) is 0.733. The van der Waals surface area contributed by atoms with E-state index in [9.17, 15) is 0 Å². The third kappa shape index (κ3) is 4.63. The Morgan fingerprint density at radius 2 is 2.05 bits per heavy atom. The summed E-state index contributed by atoms with van der Waals surface area (Å²) in [5.74, 6) is 2.56. The number of ether oxygens (including phenoxy) is 1. The Bertz CT molecular complexity index is 395. The summed E-state index contributed by atoms with van der Waals surface area (Å²) in [6, 6.07) is 0. The molecule has 5 heteroatoms. The fourth-order valence-electron chi connectivity index (χ4n) is 2.25. The van der Waals surface area contributed by atoms with E-state index in [1.807, 2.05) is 0 Å². The summed E-state index contributed by atoms with van der Waals surface area (Å²) < 4.78 is 5.23. The molecule has 0 saturated heterocycles. The van der Waals surface area contributed by atoms with Crippen molar-refractivity contribution in [3.63, 3.8) is 0 Å². The molecule has 1 N–H and O–H groups in total. The van der Waals surface area contributed by atoms with Crippen LogP contribution in [0.5, 0.6) is 0 Å². The maximum Gasteiger partial charge on any atom is 0.137 e. The highest BCUT2D eigenvalue weighted by atomic mass is 16.5. The van der Waals surface area contributed by atoms with Gasteiger partial charge in [0.25, 0.3) is 0 Å². The quantitative estimate of drug-likeness (QED) is 0.753. The van der Waals surface area contributed by atoms with Gasteiger partial charge in [-0.15, -0.1) is 0 Å². The Balaban J connectivity index is 3.06. The van der Waals surface area contributed by atoms with Gasteiger partial charge in [0.2, 0.25) is 0 Å². The van der Waals surface area contributed by atoms with Crippen molar-refractivity contribution < 1.29 is 4.74 Å². The minimum atomic E-state index is 0.578. The average molecular weight is 280 g/mol. The number of aromatic nitrogens is 2. The van der Waals surface area contributed by atoms with E-state index in [4.69, 9.17) is 4.74 Å². The number of hydrogen-bond donors (Lipinski definition) is 1. The van der Waals surface area contributed by atoms with Gasteiger partial charge in [-0.2, -0.15) is 0 Å². The molecule has 20 heavy (non-hydrogen) atoms. The van der Waals surface area contributed by atoms with E-state index in [0.29, 0.717) is 12.5 Å². The zero-order valence-corrected chi connectivity index (χ0v) is 13.4. The van der Waals surface area contributed by atoms with Crippen LogP contribution in [0.3, 0.4) is 0 Å². The van der Waals surface area contributed by atoms with Crippen molar-refractivity contribution in [3.05, 3.63) is 11.9 Å². The molecular formula is C15H28N4O. The van der Waals surface area contributed by atoms with Crippen LogP contribution in [0.2, 0.25) is 0 Å². The lowest BCUT2D eigenvalue weighted by Crippen LogP contribution is -2.32. The molecule has 5 nitrogen and oxygen atoms in total. The van der Waals surface area contributed by atoms with Crippen LogP contribution in [0.4, 0.5) is 11.6 Å². The van der Waals surface area contributed by atoms with Crippen molar-refractivity contribution in [2.24, 2.45) is 5.92 Å². The second-order valence-corrected chi connectivity index (χ2v) is 5.24. The molecule has 1 aromatic rings. The second-order valence-electron chi connectivity index (χ2n) is 5.24. The van der Waals surface area contributed by atoms with Gasteiger partial charge < -0.3 is 15.0 Å². The van der Waals surface area contributed by atoms with Crippen LogP contribution in [-0.4, -0.2) is 43.3 Å². The Labute approximate surface area is 122 Å². The summed E-state index contributed by atoms with van der Waals surface area (Å²) in [6.45, 7) is 12.1. The Morgan fingerprint density at radius 1 is 1.30 bits per heavy atom. The topological polar surface area (TPSA) is 50.3 Å². The number of anilines is 2. The first kappa shape index (κ1) is 16.7. The highest BCUT2D eigenvalue weighted by Crippen LogP contribution is 2.24. The third-order valence-corrected chi connectivity index (χ3v) is 3.07. The predicted octanol–water partition coefficient (Wildman–Crippen LogP) is 2.58. The first-order valence-electron chi connectivity index (χ1n) is 7.45. The Morgan fingerprint density at radius 3 is 2.60 bits per heavy atom. The van der Waals surface area contributed by atoms with Crippen LogP contribution in [-0.2, 0) is 11.2 Å². The van der Waals surface area contributed by atoms with Gasteiger partial charge in [0.15, 0.2) is 0 Å². The molecule has 0 unspecified atom stereocenters. The summed E-state index contributed by atoms with van der Waals surface area (Å²) in [5, 5.41) is 3.32. The second kappa shape index (κ2) is 8.74. The molecule has 0 amide bonds. The van der Waals surface area contributed by atoms with Gasteiger partial charge in [-0.25, -0.2) is 9.97 Å². The average Bonchev–Trinajstić information content (AvgIpc) is 2.43. The zero-order valence-electron chi connectivity index (χ0n) is 13.4. The van der Waals surface area contributed by atoms with E-state index < -0.39 is 0 Å². The van der Waals surface area contributed by atoms with Gasteiger partial charge in [0.1, 0.15) is 18.0 Å². The van der Waals surface area contributed by atoms with Gasteiger partial charge >= 0.3 is 0 Å². The molecule has 0 aromatic carbocycles. The van der Waals surface area contributed by atoms with Crippen LogP contribution < -0.4 is 10.2 Å². The Kier molecular flexibility index (Phi) is 7.30. The van der Waals surface area contributed by atoms with Gasteiger partial charge in [-0.3, -0.25) is 0 Å². The molecule has 0 aliphatic heterocycles. The van der Waals surface area contributed by atoms with Gasteiger partial charge in [0.05, 0.1) is 6.61 Å². The van der Waals surface area contributed by atoms with Crippen molar-refractivity contribution >= 4 is 11.6 Å². The molecule has 0 spiro atoms. The highest BCUT2D eigenvalue weighted by molar-refractivity contribution is 5.58. The molecule has 114 valence electrons. The maximum absolute atomic E-state index is 5.23. The zero-order chi connectivity index (χ0) is 15.0. The number of rotatable bonds is 9. The fourth-order valence-corrected chi connectivity index (χ4v) is 2.25. The van der Waals surface area contributed by atoms with E-state index in [2.05, 4.69) is 47.9 Å².